The zero-order chi connectivity index (χ0) is 20.7. The van der Waals surface area contributed by atoms with Gasteiger partial charge < -0.3 is 15.1 Å². The van der Waals surface area contributed by atoms with Gasteiger partial charge in [-0.3, -0.25) is 0 Å². The fourth-order valence-corrected chi connectivity index (χ4v) is 2.35. The second-order valence-corrected chi connectivity index (χ2v) is 5.69. The smallest absolute Gasteiger partial charge is 0.346 e. The summed E-state index contributed by atoms with van der Waals surface area (Å²) in [6.45, 7) is 0. The Balaban J connectivity index is 2.22. The van der Waals surface area contributed by atoms with Crippen LogP contribution in [0.3, 0.4) is 0 Å². The van der Waals surface area contributed by atoms with Gasteiger partial charge in [0.2, 0.25) is 0 Å². The van der Waals surface area contributed by atoms with Gasteiger partial charge in [-0.2, -0.15) is 10.5 Å². The van der Waals surface area contributed by atoms with Crippen molar-refractivity contribution >= 4 is 35.5 Å². The highest BCUT2D eigenvalue weighted by Crippen LogP contribution is 2.25. The molecule has 28 heavy (non-hydrogen) atoms. The maximum atomic E-state index is 10.9. The van der Waals surface area contributed by atoms with E-state index in [9.17, 15) is 9.59 Å². The van der Waals surface area contributed by atoms with E-state index in [0.29, 0.717) is 11.1 Å². The molecule has 2 aromatic rings. The van der Waals surface area contributed by atoms with Crippen LogP contribution in [0, 0.1) is 22.7 Å². The van der Waals surface area contributed by atoms with Gasteiger partial charge in [-0.05, 0) is 47.5 Å². The average Bonchev–Trinajstić information content (AvgIpc) is 2.70. The number of benzene rings is 2. The fraction of sp³-hybridized carbons (Fsp3) is 0.0476. The Morgan fingerprint density at radius 3 is 1.36 bits per heavy atom. The van der Waals surface area contributed by atoms with Crippen molar-refractivity contribution in [3.8, 4) is 12.1 Å². The van der Waals surface area contributed by atoms with Crippen LogP contribution in [0.2, 0.25) is 0 Å². The van der Waals surface area contributed by atoms with E-state index in [-0.39, 0.29) is 11.1 Å². The second kappa shape index (κ2) is 8.84. The average molecular weight is 373 g/mol. The molecule has 7 heteroatoms. The van der Waals surface area contributed by atoms with E-state index in [1.54, 1.807) is 60.7 Å². The number of anilines is 2. The number of aliphatic carboxylic acids is 2. The molecule has 0 aromatic heterocycles. The van der Waals surface area contributed by atoms with Crippen molar-refractivity contribution in [1.82, 2.24) is 0 Å². The molecule has 0 fully saturated rings. The number of nitrogens with zero attached hydrogens (tertiary/aromatic N) is 3. The highest BCUT2D eigenvalue weighted by Gasteiger charge is 2.08. The first-order chi connectivity index (χ1) is 13.3. The minimum Gasteiger partial charge on any atom is -0.477 e. The van der Waals surface area contributed by atoms with Gasteiger partial charge in [-0.1, -0.05) is 24.3 Å². The van der Waals surface area contributed by atoms with E-state index in [1.165, 1.54) is 12.2 Å². The topological polar surface area (TPSA) is 125 Å². The van der Waals surface area contributed by atoms with Gasteiger partial charge in [-0.15, -0.1) is 0 Å². The molecule has 0 aliphatic rings. The minimum atomic E-state index is -1.28. The maximum Gasteiger partial charge on any atom is 0.346 e. The molecule has 0 radical (unpaired) electrons. The lowest BCUT2D eigenvalue weighted by Crippen LogP contribution is -2.09. The van der Waals surface area contributed by atoms with Crippen LogP contribution >= 0.6 is 0 Å². The van der Waals surface area contributed by atoms with Gasteiger partial charge in [0.05, 0.1) is 0 Å². The molecule has 0 bridgehead atoms. The third kappa shape index (κ3) is 4.84. The Morgan fingerprint density at radius 2 is 1.11 bits per heavy atom. The van der Waals surface area contributed by atoms with Crippen LogP contribution in [0.4, 0.5) is 11.4 Å². The Morgan fingerprint density at radius 1 is 0.786 bits per heavy atom. The molecule has 0 heterocycles. The molecule has 0 saturated heterocycles. The van der Waals surface area contributed by atoms with Crippen molar-refractivity contribution in [2.24, 2.45) is 0 Å². The van der Waals surface area contributed by atoms with Crippen molar-refractivity contribution in [2.45, 2.75) is 0 Å². The number of hydrogen-bond acceptors (Lipinski definition) is 5. The van der Waals surface area contributed by atoms with Crippen LogP contribution < -0.4 is 4.90 Å². The summed E-state index contributed by atoms with van der Waals surface area (Å²) in [5.41, 5.74) is 2.16. The van der Waals surface area contributed by atoms with Crippen LogP contribution in [0.15, 0.2) is 59.7 Å². The summed E-state index contributed by atoms with van der Waals surface area (Å²) >= 11 is 0. The minimum absolute atomic E-state index is 0.345. The van der Waals surface area contributed by atoms with Gasteiger partial charge in [-0.25, -0.2) is 9.59 Å². The summed E-state index contributed by atoms with van der Waals surface area (Å²) < 4.78 is 0. The number of nitriles is 2. The van der Waals surface area contributed by atoms with Crippen molar-refractivity contribution < 1.29 is 19.8 Å². The third-order valence-corrected chi connectivity index (χ3v) is 3.88. The van der Waals surface area contributed by atoms with Crippen molar-refractivity contribution in [3.05, 3.63) is 70.8 Å². The van der Waals surface area contributed by atoms with E-state index in [1.807, 2.05) is 11.9 Å². The number of rotatable bonds is 6. The van der Waals surface area contributed by atoms with Crippen molar-refractivity contribution in [2.75, 3.05) is 11.9 Å². The predicted molar refractivity (Wildman–Crippen MR) is 103 cm³/mol. The van der Waals surface area contributed by atoms with E-state index < -0.39 is 11.9 Å². The lowest BCUT2D eigenvalue weighted by Gasteiger charge is -2.20. The van der Waals surface area contributed by atoms with Gasteiger partial charge in [0.25, 0.3) is 0 Å². The summed E-state index contributed by atoms with van der Waals surface area (Å²) in [7, 11) is 1.84. The molecular weight excluding hydrogens is 358 g/mol. The molecule has 0 unspecified atom stereocenters. The van der Waals surface area contributed by atoms with Gasteiger partial charge >= 0.3 is 11.9 Å². The standard InChI is InChI=1S/C21H15N3O4/c1-24(18-6-2-14(3-7-18)10-16(12-22)20(25)26)19-8-4-15(5-9-19)11-17(13-23)21(27)28/h2-11H,1H3,(H,25,26)(H,27,28). The molecule has 2 rings (SSSR count). The monoisotopic (exact) mass is 373 g/mol. The Hall–Kier alpha value is -4.36. The third-order valence-electron chi connectivity index (χ3n) is 3.88. The number of carbonyl (C=O) groups is 2. The van der Waals surface area contributed by atoms with Gasteiger partial charge in [0, 0.05) is 18.4 Å². The molecule has 0 aliphatic carbocycles. The van der Waals surface area contributed by atoms with Crippen LogP contribution in [-0.2, 0) is 9.59 Å². The lowest BCUT2D eigenvalue weighted by molar-refractivity contribution is -0.133. The number of carboxylic acid groups (broad SMARTS) is 2. The van der Waals surface area contributed by atoms with E-state index >= 15 is 0 Å². The maximum absolute atomic E-state index is 10.9. The largest absolute Gasteiger partial charge is 0.477 e. The quantitative estimate of drug-likeness (QED) is 0.587. The zero-order valence-corrected chi connectivity index (χ0v) is 14.8. The lowest BCUT2D eigenvalue weighted by atomic mass is 10.1. The Labute approximate surface area is 161 Å². The molecule has 2 N–H and O–H groups in total. The SMILES string of the molecule is CN(c1ccc(C=C(C#N)C(=O)O)cc1)c1ccc(C=C(C#N)C(=O)O)cc1. The highest BCUT2D eigenvalue weighted by atomic mass is 16.4. The normalized spacial score (nSPS) is 11.2. The van der Waals surface area contributed by atoms with Crippen molar-refractivity contribution in [1.29, 1.82) is 10.5 Å². The first-order valence-electron chi connectivity index (χ1n) is 7.99. The zero-order valence-electron chi connectivity index (χ0n) is 14.8. The Kier molecular flexibility index (Phi) is 6.30. The summed E-state index contributed by atoms with van der Waals surface area (Å²) in [4.78, 5) is 23.7. The molecule has 0 spiro atoms. The first kappa shape index (κ1) is 20.0. The molecule has 0 amide bonds. The molecule has 2 aromatic carbocycles. The molecule has 7 nitrogen and oxygen atoms in total. The summed E-state index contributed by atoms with van der Waals surface area (Å²) in [6.07, 6.45) is 2.59. The summed E-state index contributed by atoms with van der Waals surface area (Å²) in [6, 6.07) is 17.2. The van der Waals surface area contributed by atoms with Crippen LogP contribution in [-0.4, -0.2) is 29.2 Å². The molecule has 0 aliphatic heterocycles. The Bertz CT molecular complexity index is 952. The number of carboxylic acids is 2. The van der Waals surface area contributed by atoms with E-state index in [4.69, 9.17) is 20.7 Å². The van der Waals surface area contributed by atoms with E-state index in [2.05, 4.69) is 0 Å². The van der Waals surface area contributed by atoms with E-state index in [0.717, 1.165) is 11.4 Å². The first-order valence-corrected chi connectivity index (χ1v) is 7.99. The predicted octanol–water partition coefficient (Wildman–Crippen LogP) is 3.44. The number of hydrogen-bond donors (Lipinski definition) is 2. The molecule has 138 valence electrons. The second-order valence-electron chi connectivity index (χ2n) is 5.69. The van der Waals surface area contributed by atoms with Crippen LogP contribution in [0.25, 0.3) is 12.2 Å². The summed E-state index contributed by atoms with van der Waals surface area (Å²) in [5, 5.41) is 35.4. The van der Waals surface area contributed by atoms with Crippen molar-refractivity contribution in [3.63, 3.8) is 0 Å². The highest BCUT2D eigenvalue weighted by molar-refractivity contribution is 5.97. The van der Waals surface area contributed by atoms with Crippen LogP contribution in [0.5, 0.6) is 0 Å². The van der Waals surface area contributed by atoms with Gasteiger partial charge in [0.15, 0.2) is 0 Å². The summed E-state index contributed by atoms with van der Waals surface area (Å²) in [5.74, 6) is -2.56. The fourth-order valence-electron chi connectivity index (χ4n) is 2.35. The van der Waals surface area contributed by atoms with Gasteiger partial charge in [0.1, 0.15) is 23.3 Å². The molecule has 0 atom stereocenters. The molecular formula is C21H15N3O4. The molecule has 0 saturated carbocycles. The van der Waals surface area contributed by atoms with Crippen LogP contribution in [0.1, 0.15) is 11.1 Å².